The van der Waals surface area contributed by atoms with E-state index in [1.165, 1.54) is 24.0 Å². The standard InChI is InChI=1S/C18H20FN3O2/c1-13(18(24)21-11-17-5-3-4-10-20-17)22(14(2)23)12-15-6-8-16(19)9-7-15/h3-10,13H,11-12H2,1-2H3,(H,21,24)/t13-/m1/s1. The number of nitrogens with one attached hydrogen (secondary N) is 1. The predicted molar refractivity (Wildman–Crippen MR) is 88.2 cm³/mol. The van der Waals surface area contributed by atoms with Gasteiger partial charge in [-0.05, 0) is 36.8 Å². The van der Waals surface area contributed by atoms with Gasteiger partial charge in [-0.15, -0.1) is 0 Å². The van der Waals surface area contributed by atoms with E-state index < -0.39 is 6.04 Å². The van der Waals surface area contributed by atoms with E-state index >= 15 is 0 Å². The Labute approximate surface area is 140 Å². The van der Waals surface area contributed by atoms with Crippen LogP contribution in [0.4, 0.5) is 4.39 Å². The van der Waals surface area contributed by atoms with E-state index in [1.807, 2.05) is 12.1 Å². The van der Waals surface area contributed by atoms with Gasteiger partial charge < -0.3 is 10.2 Å². The molecule has 1 aromatic carbocycles. The van der Waals surface area contributed by atoms with Crippen molar-refractivity contribution >= 4 is 11.8 Å². The van der Waals surface area contributed by atoms with Crippen molar-refractivity contribution < 1.29 is 14.0 Å². The molecule has 0 saturated carbocycles. The Morgan fingerprint density at radius 2 is 1.92 bits per heavy atom. The maximum absolute atomic E-state index is 13.0. The summed E-state index contributed by atoms with van der Waals surface area (Å²) in [5, 5.41) is 2.77. The summed E-state index contributed by atoms with van der Waals surface area (Å²) in [4.78, 5) is 29.8. The lowest BCUT2D eigenvalue weighted by Crippen LogP contribution is -2.46. The van der Waals surface area contributed by atoms with Crippen molar-refractivity contribution in [3.63, 3.8) is 0 Å². The van der Waals surface area contributed by atoms with Gasteiger partial charge >= 0.3 is 0 Å². The van der Waals surface area contributed by atoms with Crippen LogP contribution in [0, 0.1) is 5.82 Å². The van der Waals surface area contributed by atoms with E-state index in [1.54, 1.807) is 31.3 Å². The van der Waals surface area contributed by atoms with Crippen LogP contribution in [0.15, 0.2) is 48.7 Å². The minimum absolute atomic E-state index is 0.222. The van der Waals surface area contributed by atoms with Crippen LogP contribution in [-0.2, 0) is 22.7 Å². The molecule has 2 rings (SSSR count). The topological polar surface area (TPSA) is 62.3 Å². The molecule has 0 unspecified atom stereocenters. The number of aromatic nitrogens is 1. The number of pyridine rings is 1. The molecular formula is C18H20FN3O2. The highest BCUT2D eigenvalue weighted by molar-refractivity contribution is 5.86. The zero-order chi connectivity index (χ0) is 17.5. The van der Waals surface area contributed by atoms with Gasteiger partial charge in [0.2, 0.25) is 11.8 Å². The zero-order valence-electron chi connectivity index (χ0n) is 13.7. The molecule has 24 heavy (non-hydrogen) atoms. The number of amides is 2. The molecule has 0 aliphatic heterocycles. The maximum Gasteiger partial charge on any atom is 0.242 e. The molecule has 1 aromatic heterocycles. The van der Waals surface area contributed by atoms with Gasteiger partial charge in [0, 0.05) is 19.7 Å². The summed E-state index contributed by atoms with van der Waals surface area (Å²) < 4.78 is 13.0. The van der Waals surface area contributed by atoms with E-state index in [0.29, 0.717) is 6.54 Å². The van der Waals surface area contributed by atoms with Crippen molar-refractivity contribution in [2.75, 3.05) is 0 Å². The Kier molecular flexibility index (Phi) is 6.01. The lowest BCUT2D eigenvalue weighted by atomic mass is 10.1. The lowest BCUT2D eigenvalue weighted by molar-refractivity contribution is -0.139. The third kappa shape index (κ3) is 4.87. The average Bonchev–Trinajstić information content (AvgIpc) is 2.59. The molecule has 0 saturated heterocycles. The monoisotopic (exact) mass is 329 g/mol. The summed E-state index contributed by atoms with van der Waals surface area (Å²) >= 11 is 0. The molecular weight excluding hydrogens is 309 g/mol. The van der Waals surface area contributed by atoms with Crippen LogP contribution < -0.4 is 5.32 Å². The summed E-state index contributed by atoms with van der Waals surface area (Å²) in [5.41, 5.74) is 1.50. The van der Waals surface area contributed by atoms with Crippen LogP contribution in [0.2, 0.25) is 0 Å². The Morgan fingerprint density at radius 3 is 2.50 bits per heavy atom. The van der Waals surface area contributed by atoms with Crippen molar-refractivity contribution in [2.45, 2.75) is 33.0 Å². The van der Waals surface area contributed by atoms with Crippen molar-refractivity contribution in [3.05, 3.63) is 65.7 Å². The number of hydrogen-bond donors (Lipinski definition) is 1. The van der Waals surface area contributed by atoms with E-state index in [2.05, 4.69) is 10.3 Å². The quantitative estimate of drug-likeness (QED) is 0.884. The second kappa shape index (κ2) is 8.19. The smallest absolute Gasteiger partial charge is 0.242 e. The first kappa shape index (κ1) is 17.6. The van der Waals surface area contributed by atoms with Crippen LogP contribution in [0.1, 0.15) is 25.1 Å². The number of carbonyl (C=O) groups is 2. The summed E-state index contributed by atoms with van der Waals surface area (Å²) in [6, 6.07) is 10.7. The van der Waals surface area contributed by atoms with Crippen molar-refractivity contribution in [1.82, 2.24) is 15.2 Å². The molecule has 6 heteroatoms. The normalized spacial score (nSPS) is 11.6. The third-order valence-electron chi connectivity index (χ3n) is 3.69. The molecule has 0 bridgehead atoms. The van der Waals surface area contributed by atoms with Gasteiger partial charge in [0.15, 0.2) is 0 Å². The summed E-state index contributed by atoms with van der Waals surface area (Å²) in [7, 11) is 0. The highest BCUT2D eigenvalue weighted by atomic mass is 19.1. The minimum Gasteiger partial charge on any atom is -0.349 e. The Morgan fingerprint density at radius 1 is 1.21 bits per heavy atom. The highest BCUT2D eigenvalue weighted by Gasteiger charge is 2.23. The maximum atomic E-state index is 13.0. The number of nitrogens with zero attached hydrogens (tertiary/aromatic N) is 2. The van der Waals surface area contributed by atoms with Crippen LogP contribution in [0.25, 0.3) is 0 Å². The Balaban J connectivity index is 1.99. The number of rotatable bonds is 6. The van der Waals surface area contributed by atoms with Crippen LogP contribution in [0.5, 0.6) is 0 Å². The second-order valence-corrected chi connectivity index (χ2v) is 5.49. The Hall–Kier alpha value is -2.76. The lowest BCUT2D eigenvalue weighted by Gasteiger charge is -2.27. The largest absolute Gasteiger partial charge is 0.349 e. The second-order valence-electron chi connectivity index (χ2n) is 5.49. The van der Waals surface area contributed by atoms with Gasteiger partial charge in [-0.3, -0.25) is 14.6 Å². The number of carbonyl (C=O) groups excluding carboxylic acids is 2. The van der Waals surface area contributed by atoms with Crippen molar-refractivity contribution in [1.29, 1.82) is 0 Å². The number of hydrogen-bond acceptors (Lipinski definition) is 3. The summed E-state index contributed by atoms with van der Waals surface area (Å²) in [6.45, 7) is 3.62. The molecule has 0 fully saturated rings. The van der Waals surface area contributed by atoms with Gasteiger partial charge in [0.25, 0.3) is 0 Å². The summed E-state index contributed by atoms with van der Waals surface area (Å²) in [5.74, 6) is -0.827. The summed E-state index contributed by atoms with van der Waals surface area (Å²) in [6.07, 6.45) is 1.65. The fourth-order valence-corrected chi connectivity index (χ4v) is 2.28. The van der Waals surface area contributed by atoms with E-state index in [9.17, 15) is 14.0 Å². The van der Waals surface area contributed by atoms with Gasteiger partial charge in [0.05, 0.1) is 12.2 Å². The zero-order valence-corrected chi connectivity index (χ0v) is 13.7. The van der Waals surface area contributed by atoms with Crippen molar-refractivity contribution in [3.8, 4) is 0 Å². The molecule has 0 aliphatic carbocycles. The van der Waals surface area contributed by atoms with Gasteiger partial charge in [-0.25, -0.2) is 4.39 Å². The first-order valence-corrected chi connectivity index (χ1v) is 7.66. The molecule has 2 aromatic rings. The number of halogens is 1. The molecule has 1 heterocycles. The molecule has 126 valence electrons. The Bertz CT molecular complexity index is 689. The molecule has 0 radical (unpaired) electrons. The highest BCUT2D eigenvalue weighted by Crippen LogP contribution is 2.10. The number of benzene rings is 1. The first-order chi connectivity index (χ1) is 11.5. The van der Waals surface area contributed by atoms with Crippen molar-refractivity contribution in [2.24, 2.45) is 0 Å². The fraction of sp³-hybridized carbons (Fsp3) is 0.278. The van der Waals surface area contributed by atoms with Crippen LogP contribution in [0.3, 0.4) is 0 Å². The fourth-order valence-electron chi connectivity index (χ4n) is 2.28. The van der Waals surface area contributed by atoms with Gasteiger partial charge in [0.1, 0.15) is 11.9 Å². The third-order valence-corrected chi connectivity index (χ3v) is 3.69. The molecule has 1 N–H and O–H groups in total. The molecule has 0 spiro atoms. The van der Waals surface area contributed by atoms with E-state index in [4.69, 9.17) is 0 Å². The minimum atomic E-state index is -0.642. The van der Waals surface area contributed by atoms with Gasteiger partial charge in [-0.1, -0.05) is 18.2 Å². The average molecular weight is 329 g/mol. The molecule has 2 amide bonds. The van der Waals surface area contributed by atoms with E-state index in [-0.39, 0.29) is 24.2 Å². The predicted octanol–water partition coefficient (Wildman–Crippen LogP) is 2.27. The molecule has 0 aliphatic rings. The first-order valence-electron chi connectivity index (χ1n) is 7.66. The molecule has 5 nitrogen and oxygen atoms in total. The van der Waals surface area contributed by atoms with Crippen LogP contribution in [-0.4, -0.2) is 27.7 Å². The molecule has 1 atom stereocenters. The van der Waals surface area contributed by atoms with Gasteiger partial charge in [-0.2, -0.15) is 0 Å². The van der Waals surface area contributed by atoms with E-state index in [0.717, 1.165) is 11.3 Å². The SMILES string of the molecule is CC(=O)N(Cc1ccc(F)cc1)[C@H](C)C(=O)NCc1ccccn1. The van der Waals surface area contributed by atoms with Crippen LogP contribution >= 0.6 is 0 Å².